The Morgan fingerprint density at radius 2 is 2.10 bits per heavy atom. The summed E-state index contributed by atoms with van der Waals surface area (Å²) in [6.45, 7) is 0. The minimum absolute atomic E-state index is 0.0488. The third-order valence-corrected chi connectivity index (χ3v) is 3.73. The molecule has 2 aromatic rings. The number of rotatable bonds is 3. The van der Waals surface area contributed by atoms with Gasteiger partial charge in [0.05, 0.1) is 5.56 Å². The number of H-pyrrole nitrogens is 2. The highest BCUT2D eigenvalue weighted by Crippen LogP contribution is 2.52. The summed E-state index contributed by atoms with van der Waals surface area (Å²) >= 11 is 5.89. The van der Waals surface area contributed by atoms with Gasteiger partial charge in [-0.2, -0.15) is 0 Å². The summed E-state index contributed by atoms with van der Waals surface area (Å²) in [6, 6.07) is 1.46. The Balaban J connectivity index is 2.02. The lowest BCUT2D eigenvalue weighted by Crippen LogP contribution is -2.23. The predicted octanol–water partition coefficient (Wildman–Crippen LogP) is 1.54. The molecule has 2 heterocycles. The van der Waals surface area contributed by atoms with E-state index in [0.717, 1.165) is 0 Å². The van der Waals surface area contributed by atoms with E-state index in [-0.39, 0.29) is 22.3 Å². The molecule has 1 fully saturated rings. The summed E-state index contributed by atoms with van der Waals surface area (Å²) in [5.74, 6) is -1.12. The fourth-order valence-electron chi connectivity index (χ4n) is 2.23. The van der Waals surface area contributed by atoms with E-state index in [0.29, 0.717) is 12.0 Å². The Hall–Kier alpha value is -2.09. The first-order valence-electron chi connectivity index (χ1n) is 6.11. The first-order valence-corrected chi connectivity index (χ1v) is 6.49. The monoisotopic (exact) mass is 314 g/mol. The lowest BCUT2D eigenvalue weighted by Gasteiger charge is -2.05. The van der Waals surface area contributed by atoms with Crippen LogP contribution in [-0.4, -0.2) is 26.6 Å². The zero-order chi connectivity index (χ0) is 15.1. The lowest BCUT2D eigenvalue weighted by atomic mass is 10.1. The van der Waals surface area contributed by atoms with Gasteiger partial charge in [0.2, 0.25) is 6.43 Å². The first-order chi connectivity index (χ1) is 9.97. The average molecular weight is 315 g/mol. The Bertz CT molecular complexity index is 804. The van der Waals surface area contributed by atoms with Crippen LogP contribution in [0.2, 0.25) is 5.15 Å². The van der Waals surface area contributed by atoms with Crippen LogP contribution in [0.1, 0.15) is 17.9 Å². The van der Waals surface area contributed by atoms with E-state index in [1.54, 1.807) is 0 Å². The molecule has 0 bridgehead atoms. The van der Waals surface area contributed by atoms with E-state index in [1.165, 1.54) is 12.3 Å². The van der Waals surface area contributed by atoms with E-state index >= 15 is 0 Å². The number of hydrogen-bond donors (Lipinski definition) is 2. The smallest absolute Gasteiger partial charge is 0.313 e. The Kier molecular flexibility index (Phi) is 3.32. The van der Waals surface area contributed by atoms with E-state index in [1.807, 2.05) is 0 Å². The number of nitrogens with zero attached hydrogens (tertiary/aromatic N) is 2. The second-order valence-corrected chi connectivity index (χ2v) is 5.16. The zero-order valence-corrected chi connectivity index (χ0v) is 11.2. The van der Waals surface area contributed by atoms with Gasteiger partial charge in [-0.1, -0.05) is 11.6 Å². The molecule has 0 saturated heterocycles. The zero-order valence-electron chi connectivity index (χ0n) is 10.4. The number of aromatic nitrogens is 4. The Morgan fingerprint density at radius 3 is 2.71 bits per heavy atom. The van der Waals surface area contributed by atoms with Crippen LogP contribution in [0, 0.1) is 5.92 Å². The van der Waals surface area contributed by atoms with Gasteiger partial charge in [0.1, 0.15) is 5.69 Å². The van der Waals surface area contributed by atoms with Gasteiger partial charge in [-0.15, -0.1) is 10.2 Å². The highest BCUT2D eigenvalue weighted by molar-refractivity contribution is 6.30. The maximum atomic E-state index is 12.6. The van der Waals surface area contributed by atoms with Crippen LogP contribution in [0.4, 0.5) is 8.78 Å². The number of aromatic amines is 2. The van der Waals surface area contributed by atoms with Crippen molar-refractivity contribution < 1.29 is 8.78 Å². The van der Waals surface area contributed by atoms with Gasteiger partial charge in [0.15, 0.2) is 5.15 Å². The summed E-state index contributed by atoms with van der Waals surface area (Å²) in [7, 11) is 0. The van der Waals surface area contributed by atoms with Crippen LogP contribution < -0.4 is 11.2 Å². The Morgan fingerprint density at radius 1 is 1.33 bits per heavy atom. The molecule has 1 aliphatic rings. The van der Waals surface area contributed by atoms with E-state index in [9.17, 15) is 18.4 Å². The van der Waals surface area contributed by atoms with Crippen molar-refractivity contribution in [3.63, 3.8) is 0 Å². The van der Waals surface area contributed by atoms with Gasteiger partial charge in [-0.05, 0) is 24.0 Å². The summed E-state index contributed by atoms with van der Waals surface area (Å²) in [6.07, 6.45) is -0.899. The molecule has 1 saturated carbocycles. The summed E-state index contributed by atoms with van der Waals surface area (Å²) in [5.41, 5.74) is -0.577. The molecular formula is C12H9ClF2N4O2. The van der Waals surface area contributed by atoms with Crippen molar-refractivity contribution in [1.82, 2.24) is 20.2 Å². The maximum absolute atomic E-state index is 12.6. The van der Waals surface area contributed by atoms with Crippen LogP contribution in [0.5, 0.6) is 0 Å². The van der Waals surface area contributed by atoms with Crippen molar-refractivity contribution in [3.05, 3.63) is 43.8 Å². The standard InChI is InChI=1S/C12H9ClF2N4O2/c13-9-5(4-1-6(4)10(14)15)2-8(18-19-9)7-3-16-12(21)17-11(7)20/h2-4,6,10H,1H2,(H2,16,17,20,21)/t4-,6+/m1/s1. The van der Waals surface area contributed by atoms with Crippen molar-refractivity contribution in [2.45, 2.75) is 18.8 Å². The van der Waals surface area contributed by atoms with Crippen molar-refractivity contribution in [1.29, 1.82) is 0 Å². The molecule has 2 aromatic heterocycles. The highest BCUT2D eigenvalue weighted by Gasteiger charge is 2.46. The molecule has 0 unspecified atom stereocenters. The number of alkyl halides is 2. The van der Waals surface area contributed by atoms with Gasteiger partial charge in [-0.3, -0.25) is 9.78 Å². The average Bonchev–Trinajstić information content (AvgIpc) is 3.20. The third-order valence-electron chi connectivity index (χ3n) is 3.43. The molecule has 110 valence electrons. The second-order valence-electron chi connectivity index (χ2n) is 4.80. The molecule has 0 radical (unpaired) electrons. The van der Waals surface area contributed by atoms with Crippen LogP contribution in [0.15, 0.2) is 21.9 Å². The fourth-order valence-corrected chi connectivity index (χ4v) is 2.47. The molecule has 0 amide bonds. The molecule has 1 aliphatic carbocycles. The molecule has 9 heteroatoms. The topological polar surface area (TPSA) is 91.5 Å². The second kappa shape index (κ2) is 5.03. The molecule has 0 spiro atoms. The normalized spacial score (nSPS) is 20.8. The predicted molar refractivity (Wildman–Crippen MR) is 70.6 cm³/mol. The minimum atomic E-state index is -2.42. The lowest BCUT2D eigenvalue weighted by molar-refractivity contribution is 0.120. The molecule has 3 rings (SSSR count). The van der Waals surface area contributed by atoms with Crippen LogP contribution in [0.25, 0.3) is 11.3 Å². The van der Waals surface area contributed by atoms with Gasteiger partial charge in [0, 0.05) is 12.1 Å². The van der Waals surface area contributed by atoms with Gasteiger partial charge in [-0.25, -0.2) is 13.6 Å². The number of halogens is 3. The number of nitrogens with one attached hydrogen (secondary N) is 2. The van der Waals surface area contributed by atoms with Gasteiger partial charge < -0.3 is 4.98 Å². The molecule has 6 nitrogen and oxygen atoms in total. The van der Waals surface area contributed by atoms with Crippen molar-refractivity contribution in [2.24, 2.45) is 5.92 Å². The third kappa shape index (κ3) is 2.58. The van der Waals surface area contributed by atoms with E-state index in [2.05, 4.69) is 20.2 Å². The minimum Gasteiger partial charge on any atom is -0.313 e. The summed E-state index contributed by atoms with van der Waals surface area (Å²) < 4.78 is 25.3. The summed E-state index contributed by atoms with van der Waals surface area (Å²) in [4.78, 5) is 27.0. The van der Waals surface area contributed by atoms with Gasteiger partial charge >= 0.3 is 5.69 Å². The highest BCUT2D eigenvalue weighted by atomic mass is 35.5. The molecule has 0 aromatic carbocycles. The molecule has 0 aliphatic heterocycles. The molecular weight excluding hydrogens is 306 g/mol. The van der Waals surface area contributed by atoms with Crippen LogP contribution in [-0.2, 0) is 0 Å². The largest absolute Gasteiger partial charge is 0.325 e. The van der Waals surface area contributed by atoms with Crippen molar-refractivity contribution in [3.8, 4) is 11.3 Å². The first kappa shape index (κ1) is 13.9. The van der Waals surface area contributed by atoms with E-state index < -0.39 is 23.6 Å². The van der Waals surface area contributed by atoms with Gasteiger partial charge in [0.25, 0.3) is 5.56 Å². The molecule has 2 atom stereocenters. The van der Waals surface area contributed by atoms with Crippen LogP contribution >= 0.6 is 11.6 Å². The van der Waals surface area contributed by atoms with Crippen LogP contribution in [0.3, 0.4) is 0 Å². The van der Waals surface area contributed by atoms with E-state index in [4.69, 9.17) is 11.6 Å². The quantitative estimate of drug-likeness (QED) is 0.899. The summed E-state index contributed by atoms with van der Waals surface area (Å²) in [5, 5.41) is 7.52. The fraction of sp³-hybridized carbons (Fsp3) is 0.333. The Labute approximate surface area is 121 Å². The van der Waals surface area contributed by atoms with Crippen molar-refractivity contribution in [2.75, 3.05) is 0 Å². The van der Waals surface area contributed by atoms with Crippen molar-refractivity contribution >= 4 is 11.6 Å². The SMILES string of the molecule is O=c1[nH]cc(-c2cc([C@H]3C[C@@H]3C(F)F)c(Cl)nn2)c(=O)[nH]1. The number of hydrogen-bond acceptors (Lipinski definition) is 4. The molecule has 2 N–H and O–H groups in total. The maximum Gasteiger partial charge on any atom is 0.325 e. The molecule has 21 heavy (non-hydrogen) atoms.